The zero-order valence-electron chi connectivity index (χ0n) is 10.1. The number of nitrogens with two attached hydrogens (primary N) is 1. The fourth-order valence-corrected chi connectivity index (χ4v) is 3.00. The van der Waals surface area contributed by atoms with Crippen LogP contribution in [0.25, 0.3) is 0 Å². The van der Waals surface area contributed by atoms with Gasteiger partial charge in [-0.05, 0) is 37.2 Å². The van der Waals surface area contributed by atoms with Gasteiger partial charge in [0, 0.05) is 12.1 Å². The van der Waals surface area contributed by atoms with Gasteiger partial charge in [0.25, 0.3) is 5.91 Å². The highest BCUT2D eigenvalue weighted by atomic mass is 32.1. The molecule has 94 valence electrons. The van der Waals surface area contributed by atoms with Gasteiger partial charge in [-0.25, -0.2) is 0 Å². The largest absolute Gasteiger partial charge is 0.383 e. The molecule has 3 N–H and O–H groups in total. The van der Waals surface area contributed by atoms with Crippen molar-refractivity contribution in [1.82, 2.24) is 9.69 Å². The molecular weight excluding hydrogens is 234 g/mol. The highest BCUT2D eigenvalue weighted by molar-refractivity contribution is 7.08. The van der Waals surface area contributed by atoms with Crippen molar-refractivity contribution in [2.45, 2.75) is 45.1 Å². The van der Waals surface area contributed by atoms with Gasteiger partial charge >= 0.3 is 0 Å². The van der Waals surface area contributed by atoms with E-state index in [-0.39, 0.29) is 11.9 Å². The van der Waals surface area contributed by atoms with E-state index in [0.717, 1.165) is 11.5 Å². The highest BCUT2D eigenvalue weighted by Crippen LogP contribution is 2.26. The fraction of sp³-hybridized carbons (Fsp3) is 0.667. The van der Waals surface area contributed by atoms with Crippen LogP contribution >= 0.6 is 11.5 Å². The average molecular weight is 253 g/mol. The summed E-state index contributed by atoms with van der Waals surface area (Å²) in [6, 6.07) is 1.87. The molecule has 1 aromatic rings. The number of hydrogen-bond donors (Lipinski definition) is 2. The van der Waals surface area contributed by atoms with Crippen LogP contribution in [-0.2, 0) is 0 Å². The normalized spacial score (nSPS) is 18.9. The van der Waals surface area contributed by atoms with Gasteiger partial charge in [-0.3, -0.25) is 4.79 Å². The average Bonchev–Trinajstić information content (AvgIpc) is 2.77. The van der Waals surface area contributed by atoms with Crippen LogP contribution in [0.1, 0.15) is 48.7 Å². The number of rotatable bonds is 3. The fourth-order valence-electron chi connectivity index (χ4n) is 2.43. The number of carbonyl (C=O) groups excluding carboxylic acids is 1. The molecule has 17 heavy (non-hydrogen) atoms. The molecule has 4 nitrogen and oxygen atoms in total. The van der Waals surface area contributed by atoms with Gasteiger partial charge in [0.05, 0.1) is 0 Å². The van der Waals surface area contributed by atoms with Crippen molar-refractivity contribution < 1.29 is 4.79 Å². The molecular formula is C12H19N3OS. The Balaban J connectivity index is 1.89. The highest BCUT2D eigenvalue weighted by Gasteiger charge is 2.22. The maximum Gasteiger partial charge on any atom is 0.263 e. The van der Waals surface area contributed by atoms with Crippen LogP contribution in [0.3, 0.4) is 0 Å². The lowest BCUT2D eigenvalue weighted by Gasteiger charge is -2.28. The Kier molecular flexibility index (Phi) is 3.99. The predicted octanol–water partition coefficient (Wildman–Crippen LogP) is 2.42. The molecule has 1 aliphatic carbocycles. The Morgan fingerprint density at radius 2 is 2.24 bits per heavy atom. The first-order valence-corrected chi connectivity index (χ1v) is 6.97. The van der Waals surface area contributed by atoms with Crippen molar-refractivity contribution in [3.05, 3.63) is 10.9 Å². The van der Waals surface area contributed by atoms with Crippen LogP contribution in [-0.4, -0.2) is 16.3 Å². The van der Waals surface area contributed by atoms with E-state index in [1.807, 2.05) is 0 Å². The maximum atomic E-state index is 11.9. The number of aromatic nitrogens is 1. The summed E-state index contributed by atoms with van der Waals surface area (Å²) in [6.07, 6.45) is 6.37. The van der Waals surface area contributed by atoms with E-state index in [1.54, 1.807) is 6.07 Å². The first kappa shape index (κ1) is 12.4. The molecule has 0 aromatic carbocycles. The summed E-state index contributed by atoms with van der Waals surface area (Å²) in [4.78, 5) is 12.5. The van der Waals surface area contributed by atoms with Crippen LogP contribution in [0.4, 0.5) is 5.82 Å². The summed E-state index contributed by atoms with van der Waals surface area (Å²) in [7, 11) is 0. The van der Waals surface area contributed by atoms with E-state index in [4.69, 9.17) is 5.73 Å². The second-order valence-corrected chi connectivity index (χ2v) is 5.58. The molecule has 1 saturated carbocycles. The molecule has 1 fully saturated rings. The zero-order valence-corrected chi connectivity index (χ0v) is 10.9. The lowest BCUT2D eigenvalue weighted by molar-refractivity contribution is 0.0923. The van der Waals surface area contributed by atoms with Crippen LogP contribution in [0, 0.1) is 5.92 Å². The molecule has 1 aromatic heterocycles. The summed E-state index contributed by atoms with van der Waals surface area (Å²) in [6.45, 7) is 2.10. The zero-order chi connectivity index (χ0) is 12.3. The van der Waals surface area contributed by atoms with Crippen LogP contribution in [0.15, 0.2) is 6.07 Å². The molecule has 1 aliphatic rings. The van der Waals surface area contributed by atoms with Crippen molar-refractivity contribution in [3.8, 4) is 0 Å². The molecule has 0 unspecified atom stereocenters. The third-order valence-electron chi connectivity index (χ3n) is 3.47. The third kappa shape index (κ3) is 3.19. The van der Waals surface area contributed by atoms with Gasteiger partial charge in [0.1, 0.15) is 10.7 Å². The Bertz CT molecular complexity index is 385. The van der Waals surface area contributed by atoms with Crippen LogP contribution in [0.5, 0.6) is 0 Å². The molecule has 0 saturated heterocycles. The van der Waals surface area contributed by atoms with Crippen molar-refractivity contribution in [3.63, 3.8) is 0 Å². The molecule has 2 rings (SSSR count). The van der Waals surface area contributed by atoms with E-state index >= 15 is 0 Å². The van der Waals surface area contributed by atoms with Gasteiger partial charge in [-0.2, -0.15) is 4.37 Å². The number of nitrogens with one attached hydrogen (secondary N) is 1. The number of carbonyl (C=O) groups is 1. The Morgan fingerprint density at radius 1 is 1.53 bits per heavy atom. The van der Waals surface area contributed by atoms with Crippen LogP contribution < -0.4 is 11.1 Å². The predicted molar refractivity (Wildman–Crippen MR) is 70.0 cm³/mol. The molecule has 1 amide bonds. The number of nitrogen functional groups attached to an aromatic ring is 1. The van der Waals surface area contributed by atoms with E-state index in [9.17, 15) is 4.79 Å². The SMILES string of the molecule is C[C@H](NC(=O)c1cc(N)ns1)C1CCCCC1. The quantitative estimate of drug-likeness (QED) is 0.869. The van der Waals surface area contributed by atoms with E-state index in [1.165, 1.54) is 32.1 Å². The monoisotopic (exact) mass is 253 g/mol. The van der Waals surface area contributed by atoms with E-state index in [0.29, 0.717) is 16.6 Å². The summed E-state index contributed by atoms with van der Waals surface area (Å²) < 4.78 is 3.92. The van der Waals surface area contributed by atoms with Crippen molar-refractivity contribution in [1.29, 1.82) is 0 Å². The summed E-state index contributed by atoms with van der Waals surface area (Å²) >= 11 is 1.16. The maximum absolute atomic E-state index is 11.9. The summed E-state index contributed by atoms with van der Waals surface area (Å²) in [5.74, 6) is 1.00. The molecule has 0 aliphatic heterocycles. The van der Waals surface area contributed by atoms with E-state index in [2.05, 4.69) is 16.6 Å². The number of anilines is 1. The minimum absolute atomic E-state index is 0.0442. The van der Waals surface area contributed by atoms with Gasteiger partial charge in [0.15, 0.2) is 0 Å². The van der Waals surface area contributed by atoms with Crippen molar-refractivity contribution in [2.24, 2.45) is 5.92 Å². The van der Waals surface area contributed by atoms with Crippen LogP contribution in [0.2, 0.25) is 0 Å². The third-order valence-corrected chi connectivity index (χ3v) is 4.27. The molecule has 0 spiro atoms. The minimum Gasteiger partial charge on any atom is -0.383 e. The number of amides is 1. The van der Waals surface area contributed by atoms with Crippen molar-refractivity contribution >= 4 is 23.3 Å². The van der Waals surface area contributed by atoms with Gasteiger partial charge in [0.2, 0.25) is 0 Å². The molecule has 1 atom stereocenters. The smallest absolute Gasteiger partial charge is 0.263 e. The summed E-state index contributed by atoms with van der Waals surface area (Å²) in [5, 5.41) is 3.06. The number of hydrogen-bond acceptors (Lipinski definition) is 4. The second-order valence-electron chi connectivity index (χ2n) is 4.78. The molecule has 5 heteroatoms. The molecule has 1 heterocycles. The minimum atomic E-state index is -0.0442. The molecule has 0 radical (unpaired) electrons. The number of nitrogens with zero attached hydrogens (tertiary/aromatic N) is 1. The Labute approximate surface area is 106 Å². The first-order chi connectivity index (χ1) is 8.16. The topological polar surface area (TPSA) is 68.0 Å². The second kappa shape index (κ2) is 5.49. The lowest BCUT2D eigenvalue weighted by atomic mass is 9.84. The standard InChI is InChI=1S/C12H19N3OS/c1-8(9-5-3-2-4-6-9)14-12(16)10-7-11(13)15-17-10/h7-9H,2-6H2,1H3,(H2,13,15)(H,14,16)/t8-/m0/s1. The first-order valence-electron chi connectivity index (χ1n) is 6.20. The van der Waals surface area contributed by atoms with Gasteiger partial charge < -0.3 is 11.1 Å². The van der Waals surface area contributed by atoms with E-state index < -0.39 is 0 Å². The molecule has 0 bridgehead atoms. The Morgan fingerprint density at radius 3 is 2.82 bits per heavy atom. The Hall–Kier alpha value is -1.10. The summed E-state index contributed by atoms with van der Waals surface area (Å²) in [5.41, 5.74) is 5.51. The van der Waals surface area contributed by atoms with Gasteiger partial charge in [-0.1, -0.05) is 19.3 Å². The van der Waals surface area contributed by atoms with Crippen molar-refractivity contribution in [2.75, 3.05) is 5.73 Å². The lowest BCUT2D eigenvalue weighted by Crippen LogP contribution is -2.38. The van der Waals surface area contributed by atoms with Gasteiger partial charge in [-0.15, -0.1) is 0 Å².